The van der Waals surface area contributed by atoms with Gasteiger partial charge in [-0.25, -0.2) is 32.6 Å². The molecular weight excluding hydrogens is 886 g/mol. The highest BCUT2D eigenvalue weighted by Crippen LogP contribution is 2.43. The van der Waals surface area contributed by atoms with Crippen LogP contribution in [0.5, 0.6) is 0 Å². The molecule has 5 aromatic rings. The number of carbonyl (C=O) groups excluding carboxylic acids is 3. The third-order valence-electron chi connectivity index (χ3n) is 13.7. The number of nitrogens with one attached hydrogen (secondary N) is 2. The highest BCUT2D eigenvalue weighted by molar-refractivity contribution is 7.92. The van der Waals surface area contributed by atoms with Crippen molar-refractivity contribution in [3.63, 3.8) is 0 Å². The van der Waals surface area contributed by atoms with Crippen molar-refractivity contribution in [2.75, 3.05) is 66.9 Å². The van der Waals surface area contributed by atoms with Crippen LogP contribution in [0.15, 0.2) is 53.5 Å². The Morgan fingerprint density at radius 3 is 2.39 bits per heavy atom. The van der Waals surface area contributed by atoms with Crippen molar-refractivity contribution >= 4 is 67.4 Å². The molecule has 2 aromatic carbocycles. The Morgan fingerprint density at radius 1 is 0.939 bits per heavy atom. The van der Waals surface area contributed by atoms with E-state index < -0.39 is 27.8 Å². The topological polar surface area (TPSA) is 211 Å². The van der Waals surface area contributed by atoms with Crippen LogP contribution in [0.4, 0.5) is 21.7 Å². The van der Waals surface area contributed by atoms with Crippen molar-refractivity contribution in [3.05, 3.63) is 70.0 Å². The Balaban J connectivity index is 0.791. The summed E-state index contributed by atoms with van der Waals surface area (Å²) in [4.78, 5) is 72.8. The standard InChI is InChI=1S/C46H56FN11O6S2/c1-3-26-66(63,64)53-32-7-4-6-31(38(32)47)39-41(33-12-19-49-45(48)50-33)65-43(52-39)29-17-24-57(25-18-29)44(61)30-15-20-55(21-16-30)27-28-13-22-56(23-14-28)34-8-5-9-35-40(34)54(2)46(62)58(35)36-10-11-37(59)51-42(36)60/h4-9,12,19,28-30,36,53H,3,10-11,13-18,20-27H2,1-2H3,(H2,48,49,50)(H,51,59,60)/t36-/m0/s1. The van der Waals surface area contributed by atoms with Gasteiger partial charge >= 0.3 is 5.69 Å². The number of rotatable bonds is 12. The molecule has 9 rings (SSSR count). The number of carbonyl (C=O) groups is 3. The average molecular weight is 942 g/mol. The van der Waals surface area contributed by atoms with Crippen LogP contribution < -0.4 is 26.4 Å². The fourth-order valence-corrected chi connectivity index (χ4v) is 12.6. The predicted octanol–water partition coefficient (Wildman–Crippen LogP) is 5.11. The van der Waals surface area contributed by atoms with Crippen LogP contribution in [0.2, 0.25) is 0 Å². The van der Waals surface area contributed by atoms with Crippen LogP contribution in [0.1, 0.15) is 81.7 Å². The molecular formula is C46H56FN11O6S2. The maximum atomic E-state index is 16.1. The molecule has 350 valence electrons. The largest absolute Gasteiger partial charge is 0.370 e. The summed E-state index contributed by atoms with van der Waals surface area (Å²) < 4.78 is 46.8. The normalized spacial score (nSPS) is 19.7. The van der Waals surface area contributed by atoms with E-state index in [0.29, 0.717) is 66.5 Å². The molecule has 20 heteroatoms. The molecule has 4 N–H and O–H groups in total. The highest BCUT2D eigenvalue weighted by atomic mass is 32.2. The van der Waals surface area contributed by atoms with Crippen LogP contribution in [0.3, 0.4) is 0 Å². The van der Waals surface area contributed by atoms with Gasteiger partial charge in [-0.1, -0.05) is 19.1 Å². The number of imidazole rings is 1. The van der Waals surface area contributed by atoms with E-state index in [4.69, 9.17) is 10.7 Å². The number of piperidine rings is 4. The number of nitrogen functional groups attached to an aromatic ring is 1. The maximum Gasteiger partial charge on any atom is 0.329 e. The molecule has 0 aliphatic carbocycles. The molecule has 0 unspecified atom stereocenters. The minimum absolute atomic E-state index is 0.0226. The van der Waals surface area contributed by atoms with E-state index in [2.05, 4.69) is 29.8 Å². The average Bonchev–Trinajstić information content (AvgIpc) is 3.86. The third kappa shape index (κ3) is 9.18. The summed E-state index contributed by atoms with van der Waals surface area (Å²) in [7, 11) is -2.00. The van der Waals surface area contributed by atoms with Gasteiger partial charge in [-0.3, -0.25) is 33.6 Å². The second kappa shape index (κ2) is 18.9. The minimum atomic E-state index is -3.74. The maximum absolute atomic E-state index is 16.1. The number of nitrogens with zero attached hydrogens (tertiary/aromatic N) is 8. The summed E-state index contributed by atoms with van der Waals surface area (Å²) in [5.41, 5.74) is 8.99. The number of aryl methyl sites for hydroxylation is 1. The number of nitrogens with two attached hydrogens (primary N) is 1. The van der Waals surface area contributed by atoms with Gasteiger partial charge < -0.3 is 20.4 Å². The first kappa shape index (κ1) is 45.4. The Bertz CT molecular complexity index is 2820. The predicted molar refractivity (Wildman–Crippen MR) is 252 cm³/mol. The molecule has 0 bridgehead atoms. The lowest BCUT2D eigenvalue weighted by Crippen LogP contribution is -2.46. The van der Waals surface area contributed by atoms with Crippen molar-refractivity contribution in [3.8, 4) is 21.8 Å². The molecule has 4 aliphatic rings. The summed E-state index contributed by atoms with van der Waals surface area (Å²) in [6.07, 6.45) is 7.47. The zero-order chi connectivity index (χ0) is 46.3. The number of sulfonamides is 1. The molecule has 7 heterocycles. The van der Waals surface area contributed by atoms with Gasteiger partial charge in [-0.15, -0.1) is 11.3 Å². The van der Waals surface area contributed by atoms with E-state index in [-0.39, 0.29) is 58.7 Å². The second-order valence-corrected chi connectivity index (χ2v) is 20.9. The van der Waals surface area contributed by atoms with Crippen LogP contribution in [-0.2, 0) is 31.5 Å². The van der Waals surface area contributed by atoms with E-state index in [1.165, 1.54) is 28.2 Å². The Kier molecular flexibility index (Phi) is 13.0. The smallest absolute Gasteiger partial charge is 0.329 e. The zero-order valence-corrected chi connectivity index (χ0v) is 38.9. The SMILES string of the molecule is CCCS(=O)(=O)Nc1cccc(-c2nc(C3CCN(C(=O)C4CCN(CC5CCN(c6cccc7c6n(C)c(=O)n7[C@H]6CCC(=O)NC6=O)CC5)CC4)CC3)sc2-c2ccnc(N)n2)c1F. The first-order valence-corrected chi connectivity index (χ1v) is 25.4. The van der Waals surface area contributed by atoms with Gasteiger partial charge in [-0.2, -0.15) is 0 Å². The molecule has 4 saturated heterocycles. The number of thiazole rings is 1. The van der Waals surface area contributed by atoms with Gasteiger partial charge in [0.2, 0.25) is 33.7 Å². The number of fused-ring (bicyclic) bond motifs is 1. The molecule has 3 amide bonds. The van der Waals surface area contributed by atoms with E-state index in [0.717, 1.165) is 74.6 Å². The fraction of sp³-hybridized carbons (Fsp3) is 0.500. The molecule has 0 radical (unpaired) electrons. The third-order valence-corrected chi connectivity index (χ3v) is 16.4. The van der Waals surface area contributed by atoms with Gasteiger partial charge in [-0.05, 0) is 101 Å². The first-order chi connectivity index (χ1) is 31.8. The highest BCUT2D eigenvalue weighted by Gasteiger charge is 2.35. The number of halogens is 1. The minimum Gasteiger partial charge on any atom is -0.370 e. The van der Waals surface area contributed by atoms with Crippen molar-refractivity contribution in [1.82, 2.24) is 39.2 Å². The second-order valence-electron chi connectivity index (χ2n) is 18.0. The molecule has 3 aromatic heterocycles. The molecule has 4 fully saturated rings. The zero-order valence-electron chi connectivity index (χ0n) is 37.2. The number of benzene rings is 2. The summed E-state index contributed by atoms with van der Waals surface area (Å²) in [6.45, 7) is 7.36. The van der Waals surface area contributed by atoms with E-state index in [1.807, 2.05) is 23.1 Å². The fourth-order valence-electron chi connectivity index (χ4n) is 10.2. The van der Waals surface area contributed by atoms with Gasteiger partial charge in [0.25, 0.3) is 0 Å². The van der Waals surface area contributed by atoms with Crippen LogP contribution in [-0.4, -0.2) is 112 Å². The summed E-state index contributed by atoms with van der Waals surface area (Å²) in [5, 5.41) is 3.18. The van der Waals surface area contributed by atoms with Crippen LogP contribution in [0.25, 0.3) is 32.9 Å². The van der Waals surface area contributed by atoms with Gasteiger partial charge in [0.05, 0.1) is 49.4 Å². The number of anilines is 3. The lowest BCUT2D eigenvalue weighted by atomic mass is 9.90. The lowest BCUT2D eigenvalue weighted by Gasteiger charge is -2.39. The molecule has 66 heavy (non-hydrogen) atoms. The summed E-state index contributed by atoms with van der Waals surface area (Å²) >= 11 is 1.41. The number of amides is 3. The number of hydrogen-bond donors (Lipinski definition) is 3. The Morgan fingerprint density at radius 2 is 1.68 bits per heavy atom. The number of aromatic nitrogens is 5. The number of para-hydroxylation sites is 1. The molecule has 17 nitrogen and oxygen atoms in total. The molecule has 0 saturated carbocycles. The van der Waals surface area contributed by atoms with E-state index >= 15 is 4.39 Å². The summed E-state index contributed by atoms with van der Waals surface area (Å²) in [5.74, 6) is -0.814. The van der Waals surface area contributed by atoms with E-state index in [1.54, 1.807) is 36.7 Å². The number of hydrogen-bond acceptors (Lipinski definition) is 13. The Hall–Kier alpha value is -5.73. The number of imide groups is 1. The molecule has 0 spiro atoms. The van der Waals surface area contributed by atoms with Crippen molar-refractivity contribution in [1.29, 1.82) is 0 Å². The Labute approximate surface area is 386 Å². The lowest BCUT2D eigenvalue weighted by molar-refractivity contribution is -0.138. The van der Waals surface area contributed by atoms with Crippen molar-refractivity contribution < 1.29 is 27.2 Å². The van der Waals surface area contributed by atoms with Gasteiger partial charge in [0.1, 0.15) is 6.04 Å². The quantitative estimate of drug-likeness (QED) is 0.140. The number of likely N-dealkylation sites (tertiary alicyclic amines) is 2. The van der Waals surface area contributed by atoms with Crippen molar-refractivity contribution in [2.24, 2.45) is 18.9 Å². The molecule has 1 atom stereocenters. The van der Waals surface area contributed by atoms with Crippen molar-refractivity contribution in [2.45, 2.75) is 76.7 Å². The summed E-state index contributed by atoms with van der Waals surface area (Å²) in [6, 6.07) is 11.4. The molecule has 4 aliphatic heterocycles. The van der Waals surface area contributed by atoms with Crippen LogP contribution >= 0.6 is 11.3 Å². The van der Waals surface area contributed by atoms with Gasteiger partial charge in [0.15, 0.2) is 5.82 Å². The monoisotopic (exact) mass is 941 g/mol. The van der Waals surface area contributed by atoms with E-state index in [9.17, 15) is 27.6 Å². The van der Waals surface area contributed by atoms with Gasteiger partial charge in [0, 0.05) is 69.8 Å². The van der Waals surface area contributed by atoms with Crippen LogP contribution in [0, 0.1) is 17.7 Å². The first-order valence-electron chi connectivity index (χ1n) is 23.0.